The van der Waals surface area contributed by atoms with E-state index in [-0.39, 0.29) is 12.0 Å². The smallest absolute Gasteiger partial charge is 0.414 e. The van der Waals surface area contributed by atoms with E-state index in [2.05, 4.69) is 17.4 Å². The zero-order chi connectivity index (χ0) is 17.5. The summed E-state index contributed by atoms with van der Waals surface area (Å²) in [6, 6.07) is 17.8. The normalized spacial score (nSPS) is 13.6. The van der Waals surface area contributed by atoms with Crippen molar-refractivity contribution in [3.05, 3.63) is 65.7 Å². The maximum absolute atomic E-state index is 12.0. The lowest BCUT2D eigenvalue weighted by molar-refractivity contribution is -0.121. The second-order valence-corrected chi connectivity index (χ2v) is 6.05. The van der Waals surface area contributed by atoms with E-state index in [9.17, 15) is 9.59 Å². The average Bonchev–Trinajstić information content (AvgIpc) is 3.07. The number of amides is 2. The fraction of sp³-hybridized carbons (Fsp3) is 0.300. The standard InChI is InChI=1S/C20H22N2O3/c23-19(11-5-8-16-6-2-1-3-7-16)21-15-17-9-4-10-18(14-17)22-12-13-25-20(22)24/h1-4,6-7,9-10,14H,5,8,11-13,15H2,(H,21,23). The molecule has 130 valence electrons. The van der Waals surface area contributed by atoms with Crippen LogP contribution in [0.25, 0.3) is 0 Å². The van der Waals surface area contributed by atoms with Crippen molar-refractivity contribution in [2.45, 2.75) is 25.8 Å². The number of hydrogen-bond donors (Lipinski definition) is 1. The van der Waals surface area contributed by atoms with Gasteiger partial charge in [-0.15, -0.1) is 0 Å². The molecule has 0 spiro atoms. The maximum Gasteiger partial charge on any atom is 0.414 e. The Balaban J connectivity index is 1.45. The largest absolute Gasteiger partial charge is 0.447 e. The van der Waals surface area contributed by atoms with Crippen LogP contribution in [-0.2, 0) is 22.5 Å². The molecule has 25 heavy (non-hydrogen) atoms. The van der Waals surface area contributed by atoms with Crippen molar-refractivity contribution in [3.8, 4) is 0 Å². The molecule has 3 rings (SSSR count). The van der Waals surface area contributed by atoms with Crippen LogP contribution in [0.15, 0.2) is 54.6 Å². The minimum atomic E-state index is -0.318. The molecule has 0 bridgehead atoms. The van der Waals surface area contributed by atoms with Crippen LogP contribution in [0.1, 0.15) is 24.0 Å². The SMILES string of the molecule is O=C(CCCc1ccccc1)NCc1cccc(N2CCOC2=O)c1. The summed E-state index contributed by atoms with van der Waals surface area (Å²) in [5.41, 5.74) is 3.02. The van der Waals surface area contributed by atoms with Gasteiger partial charge in [0.25, 0.3) is 0 Å². The number of benzene rings is 2. The second-order valence-electron chi connectivity index (χ2n) is 6.05. The molecule has 0 saturated carbocycles. The van der Waals surface area contributed by atoms with E-state index < -0.39 is 0 Å². The zero-order valence-corrected chi connectivity index (χ0v) is 14.1. The number of cyclic esters (lactones) is 1. The predicted octanol–water partition coefficient (Wildman–Crippen LogP) is 3.28. The molecule has 0 unspecified atom stereocenters. The second kappa shape index (κ2) is 8.33. The highest BCUT2D eigenvalue weighted by atomic mass is 16.6. The molecule has 0 aliphatic carbocycles. The van der Waals surface area contributed by atoms with Crippen LogP contribution >= 0.6 is 0 Å². The Kier molecular flexibility index (Phi) is 5.67. The Labute approximate surface area is 147 Å². The molecule has 5 nitrogen and oxygen atoms in total. The average molecular weight is 338 g/mol. The summed E-state index contributed by atoms with van der Waals surface area (Å²) < 4.78 is 4.96. The Bertz CT molecular complexity index is 731. The Hall–Kier alpha value is -2.82. The van der Waals surface area contributed by atoms with Gasteiger partial charge in [-0.05, 0) is 36.1 Å². The summed E-state index contributed by atoms with van der Waals surface area (Å²) in [5, 5.41) is 2.94. The van der Waals surface area contributed by atoms with Gasteiger partial charge in [-0.25, -0.2) is 4.79 Å². The first-order valence-electron chi connectivity index (χ1n) is 8.56. The molecular weight excluding hydrogens is 316 g/mol. The third-order valence-corrected chi connectivity index (χ3v) is 4.18. The van der Waals surface area contributed by atoms with Crippen LogP contribution in [0.2, 0.25) is 0 Å². The van der Waals surface area contributed by atoms with Crippen LogP contribution in [-0.4, -0.2) is 25.2 Å². The number of anilines is 1. The quantitative estimate of drug-likeness (QED) is 0.843. The maximum atomic E-state index is 12.0. The highest BCUT2D eigenvalue weighted by Gasteiger charge is 2.23. The van der Waals surface area contributed by atoms with Crippen molar-refractivity contribution in [2.24, 2.45) is 0 Å². The Morgan fingerprint density at radius 2 is 1.88 bits per heavy atom. The molecule has 1 N–H and O–H groups in total. The van der Waals surface area contributed by atoms with Gasteiger partial charge in [-0.1, -0.05) is 42.5 Å². The van der Waals surface area contributed by atoms with Gasteiger partial charge in [-0.3, -0.25) is 9.69 Å². The van der Waals surface area contributed by atoms with E-state index in [4.69, 9.17) is 4.74 Å². The molecule has 0 aromatic heterocycles. The molecular formula is C20H22N2O3. The lowest BCUT2D eigenvalue weighted by atomic mass is 10.1. The number of carbonyl (C=O) groups is 2. The highest BCUT2D eigenvalue weighted by molar-refractivity contribution is 5.89. The van der Waals surface area contributed by atoms with E-state index in [1.54, 1.807) is 4.90 Å². The first-order chi connectivity index (χ1) is 12.2. The summed E-state index contributed by atoms with van der Waals surface area (Å²) >= 11 is 0. The molecule has 0 atom stereocenters. The fourth-order valence-corrected chi connectivity index (χ4v) is 2.85. The van der Waals surface area contributed by atoms with E-state index in [0.717, 1.165) is 24.1 Å². The summed E-state index contributed by atoms with van der Waals surface area (Å²) in [7, 11) is 0. The van der Waals surface area contributed by atoms with Crippen LogP contribution in [0.4, 0.5) is 10.5 Å². The van der Waals surface area contributed by atoms with E-state index >= 15 is 0 Å². The summed E-state index contributed by atoms with van der Waals surface area (Å²) in [5.74, 6) is 0.0434. The molecule has 2 aromatic rings. The van der Waals surface area contributed by atoms with Gasteiger partial charge in [0.2, 0.25) is 5.91 Å². The molecule has 0 radical (unpaired) electrons. The first kappa shape index (κ1) is 17.0. The van der Waals surface area contributed by atoms with Crippen molar-refractivity contribution in [1.82, 2.24) is 5.32 Å². The molecule has 2 aromatic carbocycles. The van der Waals surface area contributed by atoms with Gasteiger partial charge in [-0.2, -0.15) is 0 Å². The molecule has 5 heteroatoms. The van der Waals surface area contributed by atoms with E-state index in [0.29, 0.717) is 26.1 Å². The number of aryl methyl sites for hydroxylation is 1. The van der Waals surface area contributed by atoms with Crippen molar-refractivity contribution in [1.29, 1.82) is 0 Å². The minimum Gasteiger partial charge on any atom is -0.447 e. The molecule has 2 amide bonds. The van der Waals surface area contributed by atoms with Gasteiger partial charge in [0.15, 0.2) is 0 Å². The molecule has 1 aliphatic rings. The molecule has 1 aliphatic heterocycles. The van der Waals surface area contributed by atoms with E-state index in [1.165, 1.54) is 5.56 Å². The number of carbonyl (C=O) groups excluding carboxylic acids is 2. The number of rotatable bonds is 7. The Morgan fingerprint density at radius 1 is 1.08 bits per heavy atom. The number of hydrogen-bond acceptors (Lipinski definition) is 3. The van der Waals surface area contributed by atoms with Gasteiger partial charge in [0.05, 0.1) is 6.54 Å². The molecule has 1 fully saturated rings. The van der Waals surface area contributed by atoms with Gasteiger partial charge >= 0.3 is 6.09 Å². The summed E-state index contributed by atoms with van der Waals surface area (Å²) in [4.78, 5) is 25.2. The third kappa shape index (κ3) is 4.83. The monoisotopic (exact) mass is 338 g/mol. The summed E-state index contributed by atoms with van der Waals surface area (Å²) in [6.45, 7) is 1.44. The first-order valence-corrected chi connectivity index (χ1v) is 8.56. The third-order valence-electron chi connectivity index (χ3n) is 4.18. The molecule has 1 saturated heterocycles. The van der Waals surface area contributed by atoms with Crippen molar-refractivity contribution in [3.63, 3.8) is 0 Å². The van der Waals surface area contributed by atoms with Gasteiger partial charge in [0, 0.05) is 18.7 Å². The highest BCUT2D eigenvalue weighted by Crippen LogP contribution is 2.20. The Morgan fingerprint density at radius 3 is 2.64 bits per heavy atom. The van der Waals surface area contributed by atoms with Gasteiger partial charge in [0.1, 0.15) is 6.61 Å². The predicted molar refractivity (Wildman–Crippen MR) is 96.4 cm³/mol. The molecule has 1 heterocycles. The summed E-state index contributed by atoms with van der Waals surface area (Å²) in [6.07, 6.45) is 1.92. The topological polar surface area (TPSA) is 58.6 Å². The minimum absolute atomic E-state index is 0.0434. The van der Waals surface area contributed by atoms with Crippen molar-refractivity contribution < 1.29 is 14.3 Å². The van der Waals surface area contributed by atoms with Crippen LogP contribution < -0.4 is 10.2 Å². The lowest BCUT2D eigenvalue weighted by Crippen LogP contribution is -2.24. The van der Waals surface area contributed by atoms with Crippen LogP contribution in [0.3, 0.4) is 0 Å². The van der Waals surface area contributed by atoms with Crippen LogP contribution in [0, 0.1) is 0 Å². The number of ether oxygens (including phenoxy) is 1. The van der Waals surface area contributed by atoms with E-state index in [1.807, 2.05) is 42.5 Å². The van der Waals surface area contributed by atoms with Crippen molar-refractivity contribution >= 4 is 17.7 Å². The van der Waals surface area contributed by atoms with Gasteiger partial charge < -0.3 is 10.1 Å². The fourth-order valence-electron chi connectivity index (χ4n) is 2.85. The van der Waals surface area contributed by atoms with Crippen LogP contribution in [0.5, 0.6) is 0 Å². The number of nitrogens with zero attached hydrogens (tertiary/aromatic N) is 1. The zero-order valence-electron chi connectivity index (χ0n) is 14.1. The lowest BCUT2D eigenvalue weighted by Gasteiger charge is -2.14. The number of nitrogens with one attached hydrogen (secondary N) is 1. The van der Waals surface area contributed by atoms with Crippen molar-refractivity contribution in [2.75, 3.05) is 18.1 Å².